The molecule has 0 aliphatic carbocycles. The number of hydrogen-bond acceptors (Lipinski definition) is 4. The molecule has 0 unspecified atom stereocenters. The fraction of sp³-hybridized carbons (Fsp3) is 0.647. The maximum absolute atomic E-state index is 9.63. The normalized spacial score (nSPS) is 7.35. The molecule has 1 radical (unpaired) electrons. The summed E-state index contributed by atoms with van der Waals surface area (Å²) in [7, 11) is 0.583. The van der Waals surface area contributed by atoms with Crippen LogP contribution in [-0.4, -0.2) is 47.7 Å². The Bertz CT molecular complexity index is 615. The van der Waals surface area contributed by atoms with E-state index in [0.717, 1.165) is 12.5 Å². The topological polar surface area (TPSA) is 43.4 Å². The summed E-state index contributed by atoms with van der Waals surface area (Å²) in [5, 5.41) is 0. The number of aryl methyl sites for hydroxylation is 2. The van der Waals surface area contributed by atoms with Crippen LogP contribution in [0.2, 0.25) is 0 Å². The second-order valence-corrected chi connectivity index (χ2v) is 11.9. The van der Waals surface area contributed by atoms with Gasteiger partial charge in [0.1, 0.15) is 9.84 Å². The van der Waals surface area contributed by atoms with E-state index in [9.17, 15) is 8.42 Å². The molecule has 0 aliphatic rings. The van der Waals surface area contributed by atoms with E-state index in [0.29, 0.717) is 5.41 Å². The van der Waals surface area contributed by atoms with Crippen molar-refractivity contribution < 1.29 is 45.9 Å². The van der Waals surface area contributed by atoms with Gasteiger partial charge in [0.15, 0.2) is 0 Å². The van der Waals surface area contributed by atoms with E-state index in [1.807, 2.05) is 61.0 Å². The summed E-state index contributed by atoms with van der Waals surface area (Å²) in [6.45, 7) is 17.1. The van der Waals surface area contributed by atoms with E-state index in [-0.39, 0.29) is 77.3 Å². The van der Waals surface area contributed by atoms with Crippen LogP contribution in [0.3, 0.4) is 0 Å². The summed E-state index contributed by atoms with van der Waals surface area (Å²) in [5.74, 6) is 0. The van der Waals surface area contributed by atoms with Crippen molar-refractivity contribution in [2.45, 2.75) is 106 Å². The standard InChI is InChI=1S/2C7H7.C5H12.C3H8.C2H6O2S.C2H6O.C2H6S.6CH4.Y/c2*1-7-5-3-2-4-6-7;1-5(2,3)4;1-3-2;1-5(2,3)4;2*1-3-2;;;;;;;/h2*3-6H,1H3;1-4H3;3H2,1-2H3;1-2H3;2*1-2H3;6*1H4;/q2*-1;;;;;;;;;;;;. The van der Waals surface area contributed by atoms with E-state index in [1.54, 1.807) is 26.0 Å². The maximum atomic E-state index is 9.63. The van der Waals surface area contributed by atoms with Crippen molar-refractivity contribution >= 4 is 21.6 Å². The molecule has 0 spiro atoms. The molecule has 6 heteroatoms. The van der Waals surface area contributed by atoms with Gasteiger partial charge in [0, 0.05) is 59.4 Å². The van der Waals surface area contributed by atoms with Gasteiger partial charge in [0.25, 0.3) is 0 Å². The zero-order valence-electron chi connectivity index (χ0n) is 24.4. The van der Waals surface area contributed by atoms with E-state index >= 15 is 0 Å². The Hall–Kier alpha value is -0.196. The van der Waals surface area contributed by atoms with Gasteiger partial charge >= 0.3 is 0 Å². The second kappa shape index (κ2) is 58.4. The smallest absolute Gasteiger partial charge is 0.144 e. The zero-order valence-corrected chi connectivity index (χ0v) is 28.9. The average Bonchev–Trinajstić information content (AvgIpc) is 2.63. The van der Waals surface area contributed by atoms with Gasteiger partial charge in [-0.15, -0.1) is 0 Å². The van der Waals surface area contributed by atoms with Crippen molar-refractivity contribution in [1.29, 1.82) is 0 Å². The molecule has 40 heavy (non-hydrogen) atoms. The van der Waals surface area contributed by atoms with Gasteiger partial charge in [0.05, 0.1) is 0 Å². The first-order valence-corrected chi connectivity index (χ1v) is 14.8. The fourth-order valence-electron chi connectivity index (χ4n) is 0.940. The summed E-state index contributed by atoms with van der Waals surface area (Å²) >= 11 is 1.75. The largest absolute Gasteiger partial charge is 0.388 e. The number of methoxy groups -OCH3 is 1. The molecule has 0 saturated heterocycles. The molecular formula is C34H76O3S2Y-2. The van der Waals surface area contributed by atoms with Crippen LogP contribution in [0.5, 0.6) is 0 Å². The second-order valence-electron chi connectivity index (χ2n) is 8.82. The molecule has 2 rings (SSSR count). The fourth-order valence-corrected chi connectivity index (χ4v) is 0.940. The molecule has 0 N–H and O–H groups in total. The van der Waals surface area contributed by atoms with E-state index < -0.39 is 9.84 Å². The molecule has 0 aliphatic heterocycles. The summed E-state index contributed by atoms with van der Waals surface area (Å²) in [5.41, 5.74) is 3.08. The molecule has 0 aromatic heterocycles. The molecular weight excluding hydrogens is 609 g/mol. The summed E-state index contributed by atoms with van der Waals surface area (Å²) < 4.78 is 23.5. The molecule has 2 aromatic carbocycles. The molecule has 2 aromatic rings. The van der Waals surface area contributed by atoms with Crippen molar-refractivity contribution in [2.24, 2.45) is 5.41 Å². The van der Waals surface area contributed by atoms with Crippen LogP contribution >= 0.6 is 11.8 Å². The van der Waals surface area contributed by atoms with E-state index in [1.165, 1.54) is 17.5 Å². The van der Waals surface area contributed by atoms with Gasteiger partial charge in [-0.1, -0.05) is 106 Å². The Balaban J connectivity index is -0.0000000228. The van der Waals surface area contributed by atoms with Crippen LogP contribution in [-0.2, 0) is 47.3 Å². The maximum Gasteiger partial charge on any atom is 0.144 e. The summed E-state index contributed by atoms with van der Waals surface area (Å²) in [6.07, 6.45) is 7.65. The Labute approximate surface area is 288 Å². The molecule has 3 nitrogen and oxygen atoms in total. The number of rotatable bonds is 0. The third kappa shape index (κ3) is 205. The van der Waals surface area contributed by atoms with Gasteiger partial charge in [0.2, 0.25) is 0 Å². The molecule has 0 fully saturated rings. The van der Waals surface area contributed by atoms with Gasteiger partial charge in [-0.3, -0.25) is 0 Å². The van der Waals surface area contributed by atoms with Gasteiger partial charge in [-0.25, -0.2) is 8.42 Å². The van der Waals surface area contributed by atoms with Crippen molar-refractivity contribution in [3.05, 3.63) is 71.8 Å². The van der Waals surface area contributed by atoms with Crippen molar-refractivity contribution in [2.75, 3.05) is 39.2 Å². The molecule has 0 heterocycles. The Morgan fingerprint density at radius 1 is 0.700 bits per heavy atom. The zero-order chi connectivity index (χ0) is 27.3. The number of thioether (sulfide) groups is 1. The first kappa shape index (κ1) is 77.5. The van der Waals surface area contributed by atoms with Crippen molar-refractivity contribution in [3.63, 3.8) is 0 Å². The summed E-state index contributed by atoms with van der Waals surface area (Å²) in [4.78, 5) is 0. The summed E-state index contributed by atoms with van der Waals surface area (Å²) in [6, 6.07) is 21.6. The van der Waals surface area contributed by atoms with Crippen LogP contribution < -0.4 is 0 Å². The molecule has 0 amide bonds. The number of sulfone groups is 1. The van der Waals surface area contributed by atoms with E-state index in [4.69, 9.17) is 0 Å². The van der Waals surface area contributed by atoms with Crippen LogP contribution in [0.4, 0.5) is 0 Å². The van der Waals surface area contributed by atoms with Gasteiger partial charge in [-0.2, -0.15) is 83.6 Å². The van der Waals surface area contributed by atoms with Crippen LogP contribution in [0.15, 0.2) is 48.5 Å². The Morgan fingerprint density at radius 3 is 0.850 bits per heavy atom. The quantitative estimate of drug-likeness (QED) is 0.259. The minimum Gasteiger partial charge on any atom is -0.388 e. The predicted molar refractivity (Wildman–Crippen MR) is 195 cm³/mol. The number of ether oxygens (including phenoxy) is 1. The Kier molecular flexibility index (Phi) is 113. The average molecular weight is 686 g/mol. The van der Waals surface area contributed by atoms with Crippen LogP contribution in [0, 0.1) is 31.4 Å². The molecule has 0 atom stereocenters. The number of hydrogen-bond donors (Lipinski definition) is 0. The van der Waals surface area contributed by atoms with Crippen LogP contribution in [0.1, 0.15) is 104 Å². The first-order chi connectivity index (χ1) is 15.0. The minimum absolute atomic E-state index is 0. The molecule has 247 valence electrons. The van der Waals surface area contributed by atoms with Crippen molar-refractivity contribution in [1.82, 2.24) is 0 Å². The SMILES string of the molecule is C.C.C.C.C.C.CC(C)(C)C.CCC.COC.CS(C)(=O)=O.CSC.Cc1cc[c-]cc1.Cc1cc[c-]cc1.[Y]. The van der Waals surface area contributed by atoms with Crippen LogP contribution in [0.25, 0.3) is 0 Å². The first-order valence-electron chi connectivity index (χ1n) is 10.8. The van der Waals surface area contributed by atoms with Crippen molar-refractivity contribution in [3.8, 4) is 0 Å². The molecule has 0 bridgehead atoms. The monoisotopic (exact) mass is 685 g/mol. The van der Waals surface area contributed by atoms with E-state index in [2.05, 4.69) is 72.3 Å². The Morgan fingerprint density at radius 2 is 0.800 bits per heavy atom. The molecule has 0 saturated carbocycles. The number of benzene rings is 2. The minimum atomic E-state index is -2.67. The third-order valence-corrected chi connectivity index (χ3v) is 1.77. The third-order valence-electron chi connectivity index (χ3n) is 1.77. The predicted octanol–water partition coefficient (Wildman–Crippen LogP) is 11.8. The van der Waals surface area contributed by atoms with Gasteiger partial charge in [-0.05, 0) is 17.9 Å². The van der Waals surface area contributed by atoms with Gasteiger partial charge < -0.3 is 4.74 Å².